The lowest BCUT2D eigenvalue weighted by Gasteiger charge is -2.12. The summed E-state index contributed by atoms with van der Waals surface area (Å²) in [4.78, 5) is 0. The highest BCUT2D eigenvalue weighted by molar-refractivity contribution is 9.10. The smallest absolute Gasteiger partial charge is 0.0555 e. The molecule has 2 aromatic carbocycles. The molecule has 0 radical (unpaired) electrons. The molecule has 1 N–H and O–H groups in total. The Hall–Kier alpha value is -0.990. The topological polar surface area (TPSA) is 12.0 Å². The van der Waals surface area contributed by atoms with Crippen LogP contribution in [0.2, 0.25) is 5.02 Å². The van der Waals surface area contributed by atoms with E-state index in [0.29, 0.717) is 6.04 Å². The van der Waals surface area contributed by atoms with Crippen molar-refractivity contribution in [2.45, 2.75) is 12.5 Å². The number of benzene rings is 2. The Morgan fingerprint density at radius 2 is 2.00 bits per heavy atom. The van der Waals surface area contributed by atoms with Crippen LogP contribution in [0, 0.1) is 0 Å². The van der Waals surface area contributed by atoms with Gasteiger partial charge in [0.2, 0.25) is 0 Å². The Morgan fingerprint density at radius 3 is 2.76 bits per heavy atom. The summed E-state index contributed by atoms with van der Waals surface area (Å²) in [5.41, 5.74) is 3.79. The lowest BCUT2D eigenvalue weighted by atomic mass is 10.0. The van der Waals surface area contributed by atoms with Crippen LogP contribution in [0.3, 0.4) is 0 Å². The quantitative estimate of drug-likeness (QED) is 0.797. The van der Waals surface area contributed by atoms with Crippen molar-refractivity contribution in [3.05, 3.63) is 63.1 Å². The van der Waals surface area contributed by atoms with E-state index in [1.165, 1.54) is 16.8 Å². The van der Waals surface area contributed by atoms with Gasteiger partial charge in [0, 0.05) is 9.50 Å². The van der Waals surface area contributed by atoms with Gasteiger partial charge >= 0.3 is 0 Å². The van der Waals surface area contributed by atoms with E-state index in [2.05, 4.69) is 45.5 Å². The molecule has 1 unspecified atom stereocenters. The van der Waals surface area contributed by atoms with E-state index in [0.717, 1.165) is 15.9 Å². The summed E-state index contributed by atoms with van der Waals surface area (Å²) in [6.45, 7) is 0. The van der Waals surface area contributed by atoms with Gasteiger partial charge in [-0.15, -0.1) is 0 Å². The van der Waals surface area contributed by atoms with Crippen LogP contribution in [0.5, 0.6) is 0 Å². The number of nitrogens with one attached hydrogen (secondary N) is 1. The molecular formula is C14H11BrClN. The molecule has 0 aromatic heterocycles. The highest BCUT2D eigenvalue weighted by Gasteiger charge is 2.23. The fourth-order valence-corrected chi connectivity index (χ4v) is 2.99. The Bertz CT molecular complexity index is 568. The predicted octanol–water partition coefficient (Wildman–Crippen LogP) is 4.81. The molecule has 0 spiro atoms. The van der Waals surface area contributed by atoms with Gasteiger partial charge in [0.1, 0.15) is 0 Å². The standard InChI is InChI=1S/C14H11BrClN/c15-12-6-2-4-10-8-13(17-14(10)12)9-3-1-5-11(16)7-9/h1-7,13,17H,8H2. The first-order valence-electron chi connectivity index (χ1n) is 5.53. The molecule has 3 heteroatoms. The second-order valence-corrected chi connectivity index (χ2v) is 5.52. The molecule has 0 saturated carbocycles. The number of hydrogen-bond acceptors (Lipinski definition) is 1. The zero-order valence-electron chi connectivity index (χ0n) is 9.08. The van der Waals surface area contributed by atoms with Crippen LogP contribution in [0.4, 0.5) is 5.69 Å². The second kappa shape index (κ2) is 4.35. The number of hydrogen-bond donors (Lipinski definition) is 1. The lowest BCUT2D eigenvalue weighted by molar-refractivity contribution is 0.824. The van der Waals surface area contributed by atoms with Crippen molar-refractivity contribution in [1.29, 1.82) is 0 Å². The maximum Gasteiger partial charge on any atom is 0.0555 e. The van der Waals surface area contributed by atoms with Crippen LogP contribution < -0.4 is 5.32 Å². The van der Waals surface area contributed by atoms with E-state index >= 15 is 0 Å². The molecule has 86 valence electrons. The monoisotopic (exact) mass is 307 g/mol. The summed E-state index contributed by atoms with van der Waals surface area (Å²) in [6.07, 6.45) is 1.01. The van der Waals surface area contributed by atoms with Gasteiger partial charge < -0.3 is 5.32 Å². The number of anilines is 1. The van der Waals surface area contributed by atoms with Crippen LogP contribution in [-0.4, -0.2) is 0 Å². The average molecular weight is 309 g/mol. The third kappa shape index (κ3) is 2.07. The summed E-state index contributed by atoms with van der Waals surface area (Å²) in [5, 5.41) is 4.33. The second-order valence-electron chi connectivity index (χ2n) is 4.23. The molecule has 0 fully saturated rings. The highest BCUT2D eigenvalue weighted by atomic mass is 79.9. The average Bonchev–Trinajstić information content (AvgIpc) is 2.74. The van der Waals surface area contributed by atoms with Crippen molar-refractivity contribution in [2.24, 2.45) is 0 Å². The van der Waals surface area contributed by atoms with Gasteiger partial charge in [-0.1, -0.05) is 35.9 Å². The van der Waals surface area contributed by atoms with Gasteiger partial charge in [-0.2, -0.15) is 0 Å². The minimum absolute atomic E-state index is 0.322. The molecule has 3 rings (SSSR count). The minimum atomic E-state index is 0.322. The van der Waals surface area contributed by atoms with Gasteiger partial charge in [-0.3, -0.25) is 0 Å². The maximum absolute atomic E-state index is 6.03. The van der Waals surface area contributed by atoms with Crippen LogP contribution in [-0.2, 0) is 6.42 Å². The van der Waals surface area contributed by atoms with E-state index in [9.17, 15) is 0 Å². The molecule has 1 heterocycles. The molecule has 1 atom stereocenters. The fraction of sp³-hybridized carbons (Fsp3) is 0.143. The normalized spacial score (nSPS) is 17.6. The van der Waals surface area contributed by atoms with Crippen LogP contribution in [0.1, 0.15) is 17.2 Å². The first kappa shape index (κ1) is 11.1. The zero-order valence-corrected chi connectivity index (χ0v) is 11.4. The van der Waals surface area contributed by atoms with Crippen molar-refractivity contribution < 1.29 is 0 Å². The third-order valence-electron chi connectivity index (χ3n) is 3.09. The molecule has 0 saturated heterocycles. The third-order valence-corrected chi connectivity index (χ3v) is 3.99. The van der Waals surface area contributed by atoms with E-state index in [4.69, 9.17) is 11.6 Å². The first-order valence-corrected chi connectivity index (χ1v) is 6.70. The summed E-state index contributed by atoms with van der Waals surface area (Å²) >= 11 is 9.60. The number of halogens is 2. The Balaban J connectivity index is 1.94. The molecule has 2 aromatic rings. The van der Waals surface area contributed by atoms with E-state index < -0.39 is 0 Å². The van der Waals surface area contributed by atoms with Gasteiger partial charge in [0.15, 0.2) is 0 Å². The largest absolute Gasteiger partial charge is 0.377 e. The van der Waals surface area contributed by atoms with Crippen molar-refractivity contribution >= 4 is 33.2 Å². The molecule has 1 aliphatic heterocycles. The van der Waals surface area contributed by atoms with Crippen molar-refractivity contribution in [3.8, 4) is 0 Å². The molecule has 17 heavy (non-hydrogen) atoms. The summed E-state index contributed by atoms with van der Waals surface area (Å²) in [6, 6.07) is 14.7. The highest BCUT2D eigenvalue weighted by Crippen LogP contribution is 2.39. The summed E-state index contributed by atoms with van der Waals surface area (Å²) < 4.78 is 1.12. The Kier molecular flexibility index (Phi) is 2.85. The molecule has 0 aliphatic carbocycles. The SMILES string of the molecule is Clc1cccc(C2Cc3cccc(Br)c3N2)c1. The van der Waals surface area contributed by atoms with Crippen molar-refractivity contribution in [1.82, 2.24) is 0 Å². The molecule has 1 aliphatic rings. The van der Waals surface area contributed by atoms with Crippen LogP contribution in [0.15, 0.2) is 46.9 Å². The number of fused-ring (bicyclic) bond motifs is 1. The predicted molar refractivity (Wildman–Crippen MR) is 75.7 cm³/mol. The minimum Gasteiger partial charge on any atom is -0.377 e. The first-order chi connectivity index (χ1) is 8.24. The van der Waals surface area contributed by atoms with E-state index in [-0.39, 0.29) is 0 Å². The van der Waals surface area contributed by atoms with Crippen LogP contribution in [0.25, 0.3) is 0 Å². The molecule has 0 amide bonds. The van der Waals surface area contributed by atoms with Gasteiger partial charge in [0.25, 0.3) is 0 Å². The molecule has 0 bridgehead atoms. The van der Waals surface area contributed by atoms with Gasteiger partial charge in [-0.25, -0.2) is 0 Å². The van der Waals surface area contributed by atoms with Gasteiger partial charge in [0.05, 0.1) is 11.7 Å². The van der Waals surface area contributed by atoms with E-state index in [1.54, 1.807) is 0 Å². The van der Waals surface area contributed by atoms with E-state index in [1.807, 2.05) is 18.2 Å². The van der Waals surface area contributed by atoms with Crippen LogP contribution >= 0.6 is 27.5 Å². The molecular weight excluding hydrogens is 298 g/mol. The number of rotatable bonds is 1. The van der Waals surface area contributed by atoms with Gasteiger partial charge in [-0.05, 0) is 51.7 Å². The fourth-order valence-electron chi connectivity index (χ4n) is 2.27. The maximum atomic E-state index is 6.03. The lowest BCUT2D eigenvalue weighted by Crippen LogP contribution is -2.05. The Morgan fingerprint density at radius 1 is 1.18 bits per heavy atom. The zero-order chi connectivity index (χ0) is 11.8. The molecule has 1 nitrogen and oxygen atoms in total. The number of para-hydroxylation sites is 1. The Labute approximate surface area is 114 Å². The summed E-state index contributed by atoms with van der Waals surface area (Å²) in [7, 11) is 0. The van der Waals surface area contributed by atoms with Crippen molar-refractivity contribution in [3.63, 3.8) is 0 Å². The summed E-state index contributed by atoms with van der Waals surface area (Å²) in [5.74, 6) is 0. The van der Waals surface area contributed by atoms with Crippen molar-refractivity contribution in [2.75, 3.05) is 5.32 Å².